The number of anilines is 2. The highest BCUT2D eigenvalue weighted by Crippen LogP contribution is 2.32. The molecule has 0 heterocycles. The first kappa shape index (κ1) is 15.4. The van der Waals surface area contributed by atoms with Crippen LogP contribution < -0.4 is 10.5 Å². The molecule has 108 valence electrons. The van der Waals surface area contributed by atoms with E-state index >= 15 is 0 Å². The van der Waals surface area contributed by atoms with Crippen LogP contribution in [-0.4, -0.2) is 8.42 Å². The van der Waals surface area contributed by atoms with Crippen LogP contribution in [0.25, 0.3) is 0 Å². The number of hydrogen-bond donors (Lipinski definition) is 2. The molecule has 21 heavy (non-hydrogen) atoms. The summed E-state index contributed by atoms with van der Waals surface area (Å²) in [5.41, 5.74) is 6.12. The summed E-state index contributed by atoms with van der Waals surface area (Å²) < 4.78 is 27.0. The molecule has 0 bridgehead atoms. The first-order valence-corrected chi connectivity index (χ1v) is 7.85. The molecule has 0 spiro atoms. The fraction of sp³-hybridized carbons (Fsp3) is 0. The Bertz CT molecular complexity index is 825. The molecule has 5 nitrogen and oxygen atoms in total. The van der Waals surface area contributed by atoms with Crippen molar-refractivity contribution < 1.29 is 8.42 Å². The van der Waals surface area contributed by atoms with Crippen molar-refractivity contribution in [1.29, 1.82) is 5.26 Å². The summed E-state index contributed by atoms with van der Waals surface area (Å²) >= 11 is 11.8. The number of nitrogens with two attached hydrogens (primary N) is 1. The van der Waals surface area contributed by atoms with Crippen LogP contribution in [0.1, 0.15) is 5.56 Å². The van der Waals surface area contributed by atoms with Crippen LogP contribution in [0.5, 0.6) is 0 Å². The van der Waals surface area contributed by atoms with Crippen molar-refractivity contribution in [3.8, 4) is 6.07 Å². The van der Waals surface area contributed by atoms with Gasteiger partial charge in [-0.1, -0.05) is 29.3 Å². The smallest absolute Gasteiger partial charge is 0.263 e. The van der Waals surface area contributed by atoms with Gasteiger partial charge in [0.1, 0.15) is 4.90 Å². The van der Waals surface area contributed by atoms with Crippen molar-refractivity contribution in [2.24, 2.45) is 0 Å². The molecular weight excluding hydrogens is 333 g/mol. The van der Waals surface area contributed by atoms with Gasteiger partial charge in [-0.3, -0.25) is 4.72 Å². The third kappa shape index (κ3) is 3.22. The molecule has 0 saturated heterocycles. The topological polar surface area (TPSA) is 96.0 Å². The molecule has 0 aliphatic rings. The Morgan fingerprint density at radius 3 is 2.48 bits per heavy atom. The average Bonchev–Trinajstić information content (AvgIpc) is 2.43. The highest BCUT2D eigenvalue weighted by Gasteiger charge is 2.21. The first-order valence-electron chi connectivity index (χ1n) is 5.61. The lowest BCUT2D eigenvalue weighted by Gasteiger charge is -2.12. The minimum atomic E-state index is -4.02. The maximum atomic E-state index is 12.4. The largest absolute Gasteiger partial charge is 0.397 e. The second kappa shape index (κ2) is 5.82. The normalized spacial score (nSPS) is 10.9. The van der Waals surface area contributed by atoms with Crippen molar-refractivity contribution >= 4 is 44.6 Å². The second-order valence-corrected chi connectivity index (χ2v) is 6.53. The van der Waals surface area contributed by atoms with Gasteiger partial charge in [-0.05, 0) is 30.3 Å². The Morgan fingerprint density at radius 1 is 1.14 bits per heavy atom. The van der Waals surface area contributed by atoms with Crippen LogP contribution in [0.2, 0.25) is 10.0 Å². The zero-order chi connectivity index (χ0) is 15.6. The zero-order valence-corrected chi connectivity index (χ0v) is 12.8. The second-order valence-electron chi connectivity index (χ2n) is 4.07. The highest BCUT2D eigenvalue weighted by atomic mass is 35.5. The minimum absolute atomic E-state index is 0.00729. The van der Waals surface area contributed by atoms with Crippen LogP contribution in [0.3, 0.4) is 0 Å². The summed E-state index contributed by atoms with van der Waals surface area (Å²) in [5.74, 6) is 0. The number of nitrogens with zero attached hydrogens (tertiary/aromatic N) is 1. The molecule has 0 atom stereocenters. The number of nitriles is 1. The molecule has 0 radical (unpaired) electrons. The van der Waals surface area contributed by atoms with E-state index in [1.54, 1.807) is 6.07 Å². The van der Waals surface area contributed by atoms with Gasteiger partial charge in [-0.25, -0.2) is 8.42 Å². The van der Waals surface area contributed by atoms with E-state index < -0.39 is 10.0 Å². The third-order valence-electron chi connectivity index (χ3n) is 2.63. The summed E-state index contributed by atoms with van der Waals surface area (Å²) in [6.45, 7) is 0. The predicted molar refractivity (Wildman–Crippen MR) is 82.8 cm³/mol. The molecule has 3 N–H and O–H groups in total. The molecule has 0 aliphatic carbocycles. The van der Waals surface area contributed by atoms with E-state index in [9.17, 15) is 8.42 Å². The summed E-state index contributed by atoms with van der Waals surface area (Å²) in [6.07, 6.45) is 0. The van der Waals surface area contributed by atoms with Crippen LogP contribution in [0.4, 0.5) is 11.4 Å². The Hall–Kier alpha value is -1.94. The van der Waals surface area contributed by atoms with E-state index in [2.05, 4.69) is 4.72 Å². The Morgan fingerprint density at radius 2 is 1.86 bits per heavy atom. The maximum absolute atomic E-state index is 12.4. The van der Waals surface area contributed by atoms with E-state index in [0.717, 1.165) is 0 Å². The van der Waals surface area contributed by atoms with Gasteiger partial charge in [0.25, 0.3) is 10.0 Å². The number of benzene rings is 2. The molecule has 2 aromatic rings. The Balaban J connectivity index is 2.51. The summed E-state index contributed by atoms with van der Waals surface area (Å²) in [4.78, 5) is -0.220. The fourth-order valence-corrected chi connectivity index (χ4v) is 3.54. The van der Waals surface area contributed by atoms with Gasteiger partial charge in [-0.15, -0.1) is 0 Å². The van der Waals surface area contributed by atoms with Crippen molar-refractivity contribution in [2.75, 3.05) is 10.5 Å². The molecule has 0 aliphatic heterocycles. The summed E-state index contributed by atoms with van der Waals surface area (Å²) in [5, 5.41) is 9.00. The van der Waals surface area contributed by atoms with Crippen molar-refractivity contribution in [1.82, 2.24) is 0 Å². The number of halogens is 2. The quantitative estimate of drug-likeness (QED) is 0.837. The molecule has 2 aromatic carbocycles. The van der Waals surface area contributed by atoms with Crippen molar-refractivity contribution in [2.45, 2.75) is 4.90 Å². The molecule has 0 saturated carbocycles. The van der Waals surface area contributed by atoms with Gasteiger partial charge < -0.3 is 5.73 Å². The van der Waals surface area contributed by atoms with Crippen LogP contribution in [0.15, 0.2) is 41.3 Å². The van der Waals surface area contributed by atoms with Crippen molar-refractivity contribution in [3.63, 3.8) is 0 Å². The lowest BCUT2D eigenvalue weighted by atomic mass is 10.2. The van der Waals surface area contributed by atoms with Gasteiger partial charge in [0.15, 0.2) is 0 Å². The predicted octanol–water partition coefficient (Wildman–Crippen LogP) is 3.25. The number of rotatable bonds is 3. The SMILES string of the molecule is N#Cc1ccc(Cl)c(S(=O)(=O)Nc2c(N)cccc2Cl)c1. The number of para-hydroxylation sites is 1. The molecule has 2 rings (SSSR count). The Kier molecular flexibility index (Phi) is 4.28. The van der Waals surface area contributed by atoms with E-state index in [4.69, 9.17) is 34.2 Å². The number of nitrogens with one attached hydrogen (secondary N) is 1. The fourth-order valence-electron chi connectivity index (χ4n) is 1.62. The minimum Gasteiger partial charge on any atom is -0.397 e. The highest BCUT2D eigenvalue weighted by molar-refractivity contribution is 7.92. The third-order valence-corrected chi connectivity index (χ3v) is 4.78. The van der Waals surface area contributed by atoms with Gasteiger partial charge >= 0.3 is 0 Å². The lowest BCUT2D eigenvalue weighted by Crippen LogP contribution is -2.15. The van der Waals surface area contributed by atoms with E-state index in [0.29, 0.717) is 0 Å². The molecule has 0 amide bonds. The van der Waals surface area contributed by atoms with Crippen LogP contribution >= 0.6 is 23.2 Å². The van der Waals surface area contributed by atoms with E-state index in [1.165, 1.54) is 30.3 Å². The van der Waals surface area contributed by atoms with Crippen molar-refractivity contribution in [3.05, 3.63) is 52.0 Å². The molecule has 0 fully saturated rings. The lowest BCUT2D eigenvalue weighted by molar-refractivity contribution is 0.601. The summed E-state index contributed by atoms with van der Waals surface area (Å²) in [6, 6.07) is 10.4. The zero-order valence-electron chi connectivity index (χ0n) is 10.5. The van der Waals surface area contributed by atoms with Crippen LogP contribution in [0, 0.1) is 11.3 Å². The van der Waals surface area contributed by atoms with Crippen LogP contribution in [-0.2, 0) is 10.0 Å². The molecule has 0 aromatic heterocycles. The van der Waals surface area contributed by atoms with E-state index in [-0.39, 0.29) is 31.9 Å². The Labute approximate surface area is 132 Å². The molecule has 0 unspecified atom stereocenters. The first-order chi connectivity index (χ1) is 9.85. The maximum Gasteiger partial charge on any atom is 0.263 e. The monoisotopic (exact) mass is 341 g/mol. The standard InChI is InChI=1S/C13H9Cl2N3O2S/c14-9-5-4-8(7-16)6-12(9)21(19,20)18-13-10(15)2-1-3-11(13)17/h1-6,18H,17H2. The van der Waals surface area contributed by atoms with Gasteiger partial charge in [-0.2, -0.15) is 5.26 Å². The van der Waals surface area contributed by atoms with Gasteiger partial charge in [0.05, 0.1) is 33.1 Å². The van der Waals surface area contributed by atoms with Gasteiger partial charge in [0, 0.05) is 0 Å². The average molecular weight is 342 g/mol. The number of nitrogen functional groups attached to an aromatic ring is 1. The molecule has 8 heteroatoms. The number of sulfonamides is 1. The summed E-state index contributed by atoms with van der Waals surface area (Å²) in [7, 11) is -4.02. The van der Waals surface area contributed by atoms with Gasteiger partial charge in [0.2, 0.25) is 0 Å². The number of hydrogen-bond acceptors (Lipinski definition) is 4. The van der Waals surface area contributed by atoms with E-state index in [1.807, 2.05) is 6.07 Å². The molecular formula is C13H9Cl2N3O2S.